The van der Waals surface area contributed by atoms with Gasteiger partial charge in [-0.25, -0.2) is 0 Å². The van der Waals surface area contributed by atoms with Gasteiger partial charge in [-0.2, -0.15) is 0 Å². The van der Waals surface area contributed by atoms with Crippen LogP contribution in [0.2, 0.25) is 0 Å². The lowest BCUT2D eigenvalue weighted by atomic mass is 10.2. The highest BCUT2D eigenvalue weighted by Crippen LogP contribution is 2.04. The van der Waals surface area contributed by atoms with Crippen molar-refractivity contribution in [2.75, 3.05) is 80.5 Å². The number of rotatable bonds is 18. The molecule has 1 aromatic rings. The zero-order chi connectivity index (χ0) is 18.7. The van der Waals surface area contributed by atoms with Crippen molar-refractivity contribution in [3.05, 3.63) is 35.9 Å². The van der Waals surface area contributed by atoms with Crippen LogP contribution in [0.1, 0.15) is 5.56 Å². The molecule has 150 valence electrons. The van der Waals surface area contributed by atoms with Gasteiger partial charge in [0.05, 0.1) is 39.6 Å². The second kappa shape index (κ2) is 17.4. The lowest BCUT2D eigenvalue weighted by Crippen LogP contribution is -2.31. The predicted octanol–water partition coefficient (Wildman–Crippen LogP) is 1.76. The number of nitrogens with zero attached hydrogens (tertiary/aromatic N) is 1. The molecule has 0 heterocycles. The van der Waals surface area contributed by atoms with Crippen LogP contribution in [0.5, 0.6) is 0 Å². The summed E-state index contributed by atoms with van der Waals surface area (Å²) >= 11 is 0. The summed E-state index contributed by atoms with van der Waals surface area (Å²) in [6, 6.07) is 10.4. The molecule has 0 bridgehead atoms. The first kappa shape index (κ1) is 23.0. The van der Waals surface area contributed by atoms with Crippen molar-refractivity contribution in [1.82, 2.24) is 4.90 Å². The van der Waals surface area contributed by atoms with Crippen LogP contribution in [0, 0.1) is 0 Å². The normalized spacial score (nSPS) is 11.3. The average Bonchev–Trinajstić information content (AvgIpc) is 2.67. The molecule has 1 aromatic carbocycles. The van der Waals surface area contributed by atoms with Crippen LogP contribution in [-0.2, 0) is 35.0 Å². The van der Waals surface area contributed by atoms with Gasteiger partial charge in [0.15, 0.2) is 0 Å². The summed E-state index contributed by atoms with van der Waals surface area (Å²) in [4.78, 5) is 2.29. The summed E-state index contributed by atoms with van der Waals surface area (Å²) in [5.41, 5.74) is 1.26. The molecule has 0 aliphatic heterocycles. The lowest BCUT2D eigenvalue weighted by molar-refractivity contribution is -0.0786. The number of hydrogen-bond acceptors (Lipinski definition) is 7. The number of ether oxygens (including phenoxy) is 6. The Morgan fingerprint density at radius 1 is 0.654 bits per heavy atom. The van der Waals surface area contributed by atoms with Crippen molar-refractivity contribution >= 4 is 0 Å². The monoisotopic (exact) mass is 371 g/mol. The molecule has 1 rings (SSSR count). The van der Waals surface area contributed by atoms with Crippen LogP contribution in [0.25, 0.3) is 0 Å². The van der Waals surface area contributed by atoms with Gasteiger partial charge in [0.1, 0.15) is 13.6 Å². The van der Waals surface area contributed by atoms with Gasteiger partial charge in [-0.15, -0.1) is 0 Å². The molecule has 0 aromatic heterocycles. The summed E-state index contributed by atoms with van der Waals surface area (Å²) in [5, 5.41) is 0. The topological polar surface area (TPSA) is 58.6 Å². The third kappa shape index (κ3) is 13.2. The van der Waals surface area contributed by atoms with Gasteiger partial charge in [0.25, 0.3) is 0 Å². The highest BCUT2D eigenvalue weighted by atomic mass is 16.7. The molecule has 0 saturated carbocycles. The standard InChI is InChI=1S/C19H33NO6/c1-21-12-14-25-17-23-10-8-20(16-19-6-4-3-5-7-19)9-11-24-18-26-15-13-22-2/h3-7H,8-18H2,1-2H3. The van der Waals surface area contributed by atoms with Gasteiger partial charge in [-0.1, -0.05) is 30.3 Å². The molecule has 0 atom stereocenters. The fourth-order valence-corrected chi connectivity index (χ4v) is 2.14. The van der Waals surface area contributed by atoms with Crippen molar-refractivity contribution in [2.45, 2.75) is 6.54 Å². The van der Waals surface area contributed by atoms with Crippen LogP contribution in [-0.4, -0.2) is 85.4 Å². The van der Waals surface area contributed by atoms with E-state index >= 15 is 0 Å². The molecule has 0 N–H and O–H groups in total. The Kier molecular flexibility index (Phi) is 15.3. The van der Waals surface area contributed by atoms with E-state index < -0.39 is 0 Å². The van der Waals surface area contributed by atoms with Crippen LogP contribution < -0.4 is 0 Å². The molecular formula is C19H33NO6. The van der Waals surface area contributed by atoms with Crippen LogP contribution in [0.15, 0.2) is 30.3 Å². The average molecular weight is 371 g/mol. The maximum atomic E-state index is 5.52. The van der Waals surface area contributed by atoms with Gasteiger partial charge in [0, 0.05) is 33.9 Å². The maximum Gasteiger partial charge on any atom is 0.146 e. The molecular weight excluding hydrogens is 338 g/mol. The zero-order valence-corrected chi connectivity index (χ0v) is 16.1. The minimum Gasteiger partial charge on any atom is -0.382 e. The summed E-state index contributed by atoms with van der Waals surface area (Å²) in [5.74, 6) is 0. The second-order valence-electron chi connectivity index (χ2n) is 5.62. The smallest absolute Gasteiger partial charge is 0.146 e. The van der Waals surface area contributed by atoms with Gasteiger partial charge < -0.3 is 28.4 Å². The Hall–Kier alpha value is -1.06. The Balaban J connectivity index is 2.21. The second-order valence-corrected chi connectivity index (χ2v) is 5.62. The Morgan fingerprint density at radius 3 is 1.65 bits per heavy atom. The Labute approximate surface area is 157 Å². The Morgan fingerprint density at radius 2 is 1.15 bits per heavy atom. The fraction of sp³-hybridized carbons (Fsp3) is 0.684. The van der Waals surface area contributed by atoms with E-state index in [0.717, 1.165) is 19.6 Å². The molecule has 0 fully saturated rings. The molecule has 0 aliphatic rings. The predicted molar refractivity (Wildman–Crippen MR) is 99.0 cm³/mol. The van der Waals surface area contributed by atoms with Crippen LogP contribution >= 0.6 is 0 Å². The molecule has 0 unspecified atom stereocenters. The van der Waals surface area contributed by atoms with E-state index in [2.05, 4.69) is 17.0 Å². The molecule has 0 saturated heterocycles. The van der Waals surface area contributed by atoms with Gasteiger partial charge in [-0.05, 0) is 5.56 Å². The van der Waals surface area contributed by atoms with E-state index in [4.69, 9.17) is 28.4 Å². The summed E-state index contributed by atoms with van der Waals surface area (Å²) in [6.45, 7) is 6.46. The quantitative estimate of drug-likeness (QED) is 0.288. The zero-order valence-electron chi connectivity index (χ0n) is 16.1. The van der Waals surface area contributed by atoms with E-state index in [-0.39, 0.29) is 13.6 Å². The lowest BCUT2D eigenvalue weighted by Gasteiger charge is -2.22. The van der Waals surface area contributed by atoms with Gasteiger partial charge >= 0.3 is 0 Å². The fourth-order valence-electron chi connectivity index (χ4n) is 2.14. The third-order valence-electron chi connectivity index (χ3n) is 3.55. The minimum absolute atomic E-state index is 0.284. The van der Waals surface area contributed by atoms with Crippen LogP contribution in [0.3, 0.4) is 0 Å². The first-order chi connectivity index (χ1) is 12.9. The van der Waals surface area contributed by atoms with E-state index in [1.165, 1.54) is 5.56 Å². The van der Waals surface area contributed by atoms with Crippen molar-refractivity contribution in [3.8, 4) is 0 Å². The summed E-state index contributed by atoms with van der Waals surface area (Å²) in [6.07, 6.45) is 0. The molecule has 7 heteroatoms. The molecule has 0 amide bonds. The minimum atomic E-state index is 0.284. The molecule has 0 radical (unpaired) electrons. The highest BCUT2D eigenvalue weighted by Gasteiger charge is 2.06. The highest BCUT2D eigenvalue weighted by molar-refractivity contribution is 5.14. The van der Waals surface area contributed by atoms with Crippen molar-refractivity contribution in [3.63, 3.8) is 0 Å². The summed E-state index contributed by atoms with van der Waals surface area (Å²) < 4.78 is 31.5. The molecule has 0 aliphatic carbocycles. The summed E-state index contributed by atoms with van der Waals surface area (Å²) in [7, 11) is 3.30. The first-order valence-corrected chi connectivity index (χ1v) is 8.92. The molecule has 0 spiro atoms. The maximum absolute atomic E-state index is 5.52. The molecule has 26 heavy (non-hydrogen) atoms. The SMILES string of the molecule is COCCOCOCCN(CCOCOCCOC)Cc1ccccc1. The van der Waals surface area contributed by atoms with Crippen molar-refractivity contribution < 1.29 is 28.4 Å². The van der Waals surface area contributed by atoms with Gasteiger partial charge in [-0.3, -0.25) is 4.90 Å². The van der Waals surface area contributed by atoms with Crippen LogP contribution in [0.4, 0.5) is 0 Å². The number of hydrogen-bond donors (Lipinski definition) is 0. The van der Waals surface area contributed by atoms with E-state index in [0.29, 0.717) is 39.6 Å². The molecule has 7 nitrogen and oxygen atoms in total. The Bertz CT molecular complexity index is 388. The van der Waals surface area contributed by atoms with Gasteiger partial charge in [0.2, 0.25) is 0 Å². The number of methoxy groups -OCH3 is 2. The third-order valence-corrected chi connectivity index (χ3v) is 3.55. The number of benzene rings is 1. The largest absolute Gasteiger partial charge is 0.382 e. The first-order valence-electron chi connectivity index (χ1n) is 8.92. The van der Waals surface area contributed by atoms with E-state index in [1.54, 1.807) is 14.2 Å². The van der Waals surface area contributed by atoms with Crippen molar-refractivity contribution in [1.29, 1.82) is 0 Å². The van der Waals surface area contributed by atoms with Crippen molar-refractivity contribution in [2.24, 2.45) is 0 Å². The van der Waals surface area contributed by atoms with E-state index in [1.807, 2.05) is 18.2 Å². The van der Waals surface area contributed by atoms with E-state index in [9.17, 15) is 0 Å².